The Hall–Kier alpha value is -3.19. The predicted molar refractivity (Wildman–Crippen MR) is 119 cm³/mol. The molecule has 0 bridgehead atoms. The Kier molecular flexibility index (Phi) is 7.78. The molecule has 0 atom stereocenters. The van der Waals surface area contributed by atoms with Gasteiger partial charge in [-0.25, -0.2) is 4.39 Å². The molecule has 7 heteroatoms. The summed E-state index contributed by atoms with van der Waals surface area (Å²) in [7, 11) is 0. The number of anilines is 1. The third-order valence-electron chi connectivity index (χ3n) is 5.19. The molecule has 0 aliphatic carbocycles. The minimum Gasteiger partial charge on any atom is -0.449 e. The van der Waals surface area contributed by atoms with Gasteiger partial charge in [-0.2, -0.15) is 0 Å². The van der Waals surface area contributed by atoms with Crippen LogP contribution in [0.25, 0.3) is 6.08 Å². The number of fused-ring (bicyclic) bond motifs is 1. The molecule has 0 saturated carbocycles. The first-order valence-electron chi connectivity index (χ1n) is 10.6. The molecule has 0 saturated heterocycles. The van der Waals surface area contributed by atoms with Gasteiger partial charge in [0, 0.05) is 12.1 Å². The molecule has 31 heavy (non-hydrogen) atoms. The summed E-state index contributed by atoms with van der Waals surface area (Å²) in [4.78, 5) is 29.2. The van der Waals surface area contributed by atoms with E-state index in [1.807, 2.05) is 0 Å². The zero-order chi connectivity index (χ0) is 22.2. The fourth-order valence-corrected chi connectivity index (χ4v) is 3.42. The molecular weight excluding hydrogens is 397 g/mol. The summed E-state index contributed by atoms with van der Waals surface area (Å²) in [6.45, 7) is 7.46. The zero-order valence-electron chi connectivity index (χ0n) is 17.9. The average molecular weight is 426 g/mol. The van der Waals surface area contributed by atoms with Crippen molar-refractivity contribution >= 4 is 23.6 Å². The van der Waals surface area contributed by atoms with Gasteiger partial charge >= 0.3 is 0 Å². The summed E-state index contributed by atoms with van der Waals surface area (Å²) in [5.41, 5.74) is 0.752. The first kappa shape index (κ1) is 22.5. The van der Waals surface area contributed by atoms with Gasteiger partial charge in [0.15, 0.2) is 11.5 Å². The maximum absolute atomic E-state index is 14.1. The van der Waals surface area contributed by atoms with Gasteiger partial charge in [-0.15, -0.1) is 0 Å². The Balaban J connectivity index is 1.72. The second kappa shape index (κ2) is 10.7. The molecule has 1 aliphatic heterocycles. The van der Waals surface area contributed by atoms with E-state index in [1.165, 1.54) is 17.0 Å². The number of carbonyl (C=O) groups is 2. The molecule has 1 aliphatic rings. The number of nitrogens with zero attached hydrogens (tertiary/aromatic N) is 2. The third kappa shape index (κ3) is 5.70. The van der Waals surface area contributed by atoms with E-state index in [0.29, 0.717) is 18.0 Å². The van der Waals surface area contributed by atoms with Crippen LogP contribution in [-0.2, 0) is 9.59 Å². The largest absolute Gasteiger partial charge is 0.449 e. The number of hydrogen-bond donors (Lipinski definition) is 1. The van der Waals surface area contributed by atoms with E-state index < -0.39 is 11.7 Å². The highest BCUT2D eigenvalue weighted by atomic mass is 19.1. The minimum absolute atomic E-state index is 0.0295. The van der Waals surface area contributed by atoms with E-state index in [2.05, 4.69) is 24.1 Å². The van der Waals surface area contributed by atoms with Crippen molar-refractivity contribution in [1.29, 1.82) is 0 Å². The molecule has 0 radical (unpaired) electrons. The van der Waals surface area contributed by atoms with E-state index in [0.717, 1.165) is 26.1 Å². The summed E-state index contributed by atoms with van der Waals surface area (Å²) < 4.78 is 19.8. The third-order valence-corrected chi connectivity index (χ3v) is 5.19. The number of nitrogens with one attached hydrogen (secondary N) is 1. The molecule has 2 amide bonds. The molecule has 0 fully saturated rings. The molecule has 1 heterocycles. The second-order valence-electron chi connectivity index (χ2n) is 7.22. The summed E-state index contributed by atoms with van der Waals surface area (Å²) in [5.74, 6) is -0.782. The van der Waals surface area contributed by atoms with Crippen LogP contribution < -0.4 is 15.0 Å². The Morgan fingerprint density at radius 1 is 1.13 bits per heavy atom. The van der Waals surface area contributed by atoms with Crippen LogP contribution in [0.5, 0.6) is 5.75 Å². The first-order valence-corrected chi connectivity index (χ1v) is 10.6. The minimum atomic E-state index is -0.486. The van der Waals surface area contributed by atoms with Crippen molar-refractivity contribution in [3.8, 4) is 5.75 Å². The van der Waals surface area contributed by atoms with Gasteiger partial charge in [-0.3, -0.25) is 14.5 Å². The maximum atomic E-state index is 14.1. The molecule has 2 aromatic carbocycles. The average Bonchev–Trinajstić information content (AvgIpc) is 2.78. The van der Waals surface area contributed by atoms with E-state index in [1.54, 1.807) is 42.5 Å². The van der Waals surface area contributed by atoms with Crippen LogP contribution >= 0.6 is 0 Å². The summed E-state index contributed by atoms with van der Waals surface area (Å²) in [6.07, 6.45) is 2.20. The molecule has 6 nitrogen and oxygen atoms in total. The summed E-state index contributed by atoms with van der Waals surface area (Å²) in [5, 5.41) is 2.88. The summed E-state index contributed by atoms with van der Waals surface area (Å²) in [6, 6.07) is 13.1. The fourth-order valence-electron chi connectivity index (χ4n) is 3.42. The number of ether oxygens (including phenoxy) is 1. The van der Waals surface area contributed by atoms with E-state index in [4.69, 9.17) is 4.74 Å². The van der Waals surface area contributed by atoms with Gasteiger partial charge in [0.05, 0.1) is 5.69 Å². The number of carbonyl (C=O) groups excluding carboxylic acids is 2. The molecular formula is C24H28FN3O3. The smallest absolute Gasteiger partial charge is 0.294 e. The standard InChI is InChI=1S/C24H28FN3O3/c1-3-27(4-2)15-9-14-26-23(29)17-28-20-12-7-8-13-21(20)31-22(24(28)30)16-18-10-5-6-11-19(18)25/h5-8,10-13,16H,3-4,9,14-15,17H2,1-2H3,(H,26,29). The molecule has 3 rings (SSSR count). The van der Waals surface area contributed by atoms with Crippen molar-refractivity contribution in [3.63, 3.8) is 0 Å². The fraction of sp³-hybridized carbons (Fsp3) is 0.333. The quantitative estimate of drug-likeness (QED) is 0.494. The number of hydrogen-bond acceptors (Lipinski definition) is 4. The number of para-hydroxylation sites is 2. The van der Waals surface area contributed by atoms with E-state index >= 15 is 0 Å². The van der Waals surface area contributed by atoms with Crippen molar-refractivity contribution < 1.29 is 18.7 Å². The summed E-state index contributed by atoms with van der Waals surface area (Å²) >= 11 is 0. The lowest BCUT2D eigenvalue weighted by Gasteiger charge is -2.30. The van der Waals surface area contributed by atoms with Crippen LogP contribution in [0.2, 0.25) is 0 Å². The van der Waals surface area contributed by atoms with Crippen LogP contribution in [-0.4, -0.2) is 49.4 Å². The monoisotopic (exact) mass is 425 g/mol. The topological polar surface area (TPSA) is 61.9 Å². The van der Waals surface area contributed by atoms with Gasteiger partial charge < -0.3 is 15.0 Å². The van der Waals surface area contributed by atoms with Crippen LogP contribution in [0.1, 0.15) is 25.8 Å². The number of halogens is 1. The molecule has 1 N–H and O–H groups in total. The van der Waals surface area contributed by atoms with Gasteiger partial charge in [0.25, 0.3) is 5.91 Å². The van der Waals surface area contributed by atoms with Crippen LogP contribution in [0, 0.1) is 5.82 Å². The Labute approximate surface area is 182 Å². The van der Waals surface area contributed by atoms with Crippen molar-refractivity contribution in [3.05, 3.63) is 65.7 Å². The molecule has 0 spiro atoms. The Morgan fingerprint density at radius 2 is 1.84 bits per heavy atom. The van der Waals surface area contributed by atoms with Crippen LogP contribution in [0.3, 0.4) is 0 Å². The van der Waals surface area contributed by atoms with Gasteiger partial charge in [0.2, 0.25) is 5.91 Å². The van der Waals surface area contributed by atoms with Crippen molar-refractivity contribution in [2.45, 2.75) is 20.3 Å². The molecule has 0 aromatic heterocycles. The highest BCUT2D eigenvalue weighted by Gasteiger charge is 2.31. The van der Waals surface area contributed by atoms with Crippen molar-refractivity contribution in [1.82, 2.24) is 10.2 Å². The first-order chi connectivity index (χ1) is 15.0. The van der Waals surface area contributed by atoms with Crippen LogP contribution in [0.4, 0.5) is 10.1 Å². The van der Waals surface area contributed by atoms with E-state index in [-0.39, 0.29) is 23.8 Å². The number of rotatable bonds is 9. The lowest BCUT2D eigenvalue weighted by molar-refractivity contribution is -0.123. The predicted octanol–water partition coefficient (Wildman–Crippen LogP) is 3.44. The number of benzene rings is 2. The lowest BCUT2D eigenvalue weighted by atomic mass is 10.1. The Bertz CT molecular complexity index is 957. The number of amides is 2. The molecule has 2 aromatic rings. The molecule has 0 unspecified atom stereocenters. The second-order valence-corrected chi connectivity index (χ2v) is 7.22. The normalized spacial score (nSPS) is 14.5. The zero-order valence-corrected chi connectivity index (χ0v) is 17.9. The van der Waals surface area contributed by atoms with Gasteiger partial charge in [-0.05, 0) is 50.3 Å². The van der Waals surface area contributed by atoms with E-state index in [9.17, 15) is 14.0 Å². The highest BCUT2D eigenvalue weighted by Crippen LogP contribution is 2.35. The van der Waals surface area contributed by atoms with Gasteiger partial charge in [0.1, 0.15) is 12.4 Å². The van der Waals surface area contributed by atoms with Gasteiger partial charge in [-0.1, -0.05) is 44.2 Å². The SMILES string of the molecule is CCN(CC)CCCNC(=O)CN1C(=O)C(=Cc2ccccc2F)Oc2ccccc21. The van der Waals surface area contributed by atoms with Crippen molar-refractivity contribution in [2.75, 3.05) is 37.6 Å². The Morgan fingerprint density at radius 3 is 2.58 bits per heavy atom. The maximum Gasteiger partial charge on any atom is 0.294 e. The van der Waals surface area contributed by atoms with Crippen molar-refractivity contribution in [2.24, 2.45) is 0 Å². The highest BCUT2D eigenvalue weighted by molar-refractivity contribution is 6.12. The van der Waals surface area contributed by atoms with Crippen LogP contribution in [0.15, 0.2) is 54.3 Å². The molecule has 164 valence electrons. The lowest BCUT2D eigenvalue weighted by Crippen LogP contribution is -2.44.